The van der Waals surface area contributed by atoms with E-state index in [4.69, 9.17) is 0 Å². The highest BCUT2D eigenvalue weighted by molar-refractivity contribution is 5.85. The van der Waals surface area contributed by atoms with Crippen LogP contribution >= 0.6 is 0 Å². The Morgan fingerprint density at radius 1 is 1.00 bits per heavy atom. The van der Waals surface area contributed by atoms with Crippen LogP contribution in [0.5, 0.6) is 0 Å². The standard InChI is InChI=1S/C17H18O/c1-3-17(18)13(2)15-10-7-11-16(12-15)14-8-5-4-6-9-14/h4-13H,3H2,1-2H3. The van der Waals surface area contributed by atoms with Crippen molar-refractivity contribution in [3.63, 3.8) is 0 Å². The fraction of sp³-hybridized carbons (Fsp3) is 0.235. The van der Waals surface area contributed by atoms with Crippen LogP contribution in [0.3, 0.4) is 0 Å². The van der Waals surface area contributed by atoms with Crippen molar-refractivity contribution in [2.24, 2.45) is 0 Å². The Bertz CT molecular complexity index is 528. The second-order valence-electron chi connectivity index (χ2n) is 4.53. The van der Waals surface area contributed by atoms with Crippen LogP contribution in [0, 0.1) is 0 Å². The first-order valence-electron chi connectivity index (χ1n) is 6.40. The molecule has 2 aromatic rings. The highest BCUT2D eigenvalue weighted by Crippen LogP contribution is 2.24. The third-order valence-corrected chi connectivity index (χ3v) is 3.33. The fourth-order valence-corrected chi connectivity index (χ4v) is 2.11. The van der Waals surface area contributed by atoms with E-state index in [2.05, 4.69) is 24.3 Å². The third kappa shape index (κ3) is 2.67. The number of carbonyl (C=O) groups is 1. The normalized spacial score (nSPS) is 12.1. The zero-order chi connectivity index (χ0) is 13.0. The maximum Gasteiger partial charge on any atom is 0.139 e. The van der Waals surface area contributed by atoms with Crippen molar-refractivity contribution in [2.75, 3.05) is 0 Å². The summed E-state index contributed by atoms with van der Waals surface area (Å²) in [4.78, 5) is 11.8. The van der Waals surface area contributed by atoms with E-state index in [9.17, 15) is 4.79 Å². The Hall–Kier alpha value is -1.89. The Balaban J connectivity index is 2.34. The SMILES string of the molecule is CCC(=O)C(C)c1cccc(-c2ccccc2)c1. The van der Waals surface area contributed by atoms with Gasteiger partial charge in [-0.15, -0.1) is 0 Å². The summed E-state index contributed by atoms with van der Waals surface area (Å²) in [7, 11) is 0. The van der Waals surface area contributed by atoms with Gasteiger partial charge in [-0.2, -0.15) is 0 Å². The molecule has 0 saturated carbocycles. The first kappa shape index (κ1) is 12.6. The lowest BCUT2D eigenvalue weighted by Crippen LogP contribution is -2.07. The topological polar surface area (TPSA) is 17.1 Å². The van der Waals surface area contributed by atoms with Gasteiger partial charge in [-0.1, -0.05) is 68.4 Å². The van der Waals surface area contributed by atoms with Gasteiger partial charge in [0.2, 0.25) is 0 Å². The van der Waals surface area contributed by atoms with Gasteiger partial charge >= 0.3 is 0 Å². The lowest BCUT2D eigenvalue weighted by atomic mass is 9.92. The van der Waals surface area contributed by atoms with E-state index in [1.54, 1.807) is 0 Å². The maximum atomic E-state index is 11.8. The largest absolute Gasteiger partial charge is 0.299 e. The summed E-state index contributed by atoms with van der Waals surface area (Å²) in [5.41, 5.74) is 3.46. The molecule has 2 rings (SSSR count). The molecular weight excluding hydrogens is 220 g/mol. The van der Waals surface area contributed by atoms with Crippen LogP contribution in [0.2, 0.25) is 0 Å². The van der Waals surface area contributed by atoms with Crippen LogP contribution < -0.4 is 0 Å². The molecule has 1 atom stereocenters. The summed E-state index contributed by atoms with van der Waals surface area (Å²) in [5.74, 6) is 0.277. The highest BCUT2D eigenvalue weighted by Gasteiger charge is 2.13. The molecule has 1 unspecified atom stereocenters. The summed E-state index contributed by atoms with van der Waals surface area (Å²) in [6, 6.07) is 18.5. The van der Waals surface area contributed by atoms with Crippen molar-refractivity contribution in [3.8, 4) is 11.1 Å². The van der Waals surface area contributed by atoms with Crippen molar-refractivity contribution < 1.29 is 4.79 Å². The van der Waals surface area contributed by atoms with Gasteiger partial charge in [-0.25, -0.2) is 0 Å². The van der Waals surface area contributed by atoms with E-state index in [1.807, 2.05) is 44.2 Å². The summed E-state index contributed by atoms with van der Waals surface area (Å²) < 4.78 is 0. The minimum absolute atomic E-state index is 0.0151. The van der Waals surface area contributed by atoms with E-state index in [0.717, 1.165) is 5.56 Å². The minimum atomic E-state index is -0.0151. The highest BCUT2D eigenvalue weighted by atomic mass is 16.1. The molecule has 92 valence electrons. The third-order valence-electron chi connectivity index (χ3n) is 3.33. The fourth-order valence-electron chi connectivity index (χ4n) is 2.11. The molecule has 1 nitrogen and oxygen atoms in total. The van der Waals surface area contributed by atoms with Crippen LogP contribution in [0.25, 0.3) is 11.1 Å². The molecule has 0 N–H and O–H groups in total. The van der Waals surface area contributed by atoms with Gasteiger partial charge in [0.05, 0.1) is 0 Å². The van der Waals surface area contributed by atoms with Gasteiger partial charge in [-0.05, 0) is 16.7 Å². The van der Waals surface area contributed by atoms with Crippen LogP contribution in [0.1, 0.15) is 31.7 Å². The average molecular weight is 238 g/mol. The van der Waals surface area contributed by atoms with E-state index in [-0.39, 0.29) is 5.92 Å². The number of hydrogen-bond acceptors (Lipinski definition) is 1. The molecule has 18 heavy (non-hydrogen) atoms. The van der Waals surface area contributed by atoms with Gasteiger partial charge in [-0.3, -0.25) is 4.79 Å². The van der Waals surface area contributed by atoms with Gasteiger partial charge in [0.25, 0.3) is 0 Å². The number of Topliss-reactive ketones (excluding diaryl/α,β-unsaturated/α-hetero) is 1. The van der Waals surface area contributed by atoms with Crippen LogP contribution in [0.15, 0.2) is 54.6 Å². The smallest absolute Gasteiger partial charge is 0.139 e. The van der Waals surface area contributed by atoms with E-state index >= 15 is 0 Å². The molecule has 0 fully saturated rings. The van der Waals surface area contributed by atoms with Gasteiger partial charge in [0.15, 0.2) is 0 Å². The Morgan fingerprint density at radius 3 is 2.33 bits per heavy atom. The summed E-state index contributed by atoms with van der Waals surface area (Å²) in [6.45, 7) is 3.90. The number of rotatable bonds is 4. The summed E-state index contributed by atoms with van der Waals surface area (Å²) >= 11 is 0. The first-order chi connectivity index (χ1) is 8.72. The number of ketones is 1. The zero-order valence-electron chi connectivity index (χ0n) is 10.9. The Kier molecular flexibility index (Phi) is 3.93. The molecular formula is C17H18O. The molecule has 0 aromatic heterocycles. The zero-order valence-corrected chi connectivity index (χ0v) is 10.9. The lowest BCUT2D eigenvalue weighted by Gasteiger charge is -2.11. The lowest BCUT2D eigenvalue weighted by molar-refractivity contribution is -0.119. The van der Waals surface area contributed by atoms with Crippen LogP contribution in [-0.4, -0.2) is 5.78 Å². The monoisotopic (exact) mass is 238 g/mol. The molecule has 0 spiro atoms. The van der Waals surface area contributed by atoms with Crippen molar-refractivity contribution >= 4 is 5.78 Å². The second kappa shape index (κ2) is 5.63. The molecule has 0 heterocycles. The number of benzene rings is 2. The molecule has 0 aliphatic carbocycles. The summed E-state index contributed by atoms with van der Waals surface area (Å²) in [5, 5.41) is 0. The van der Waals surface area contributed by atoms with Gasteiger partial charge < -0.3 is 0 Å². The average Bonchev–Trinajstić information content (AvgIpc) is 2.46. The van der Waals surface area contributed by atoms with Crippen LogP contribution in [-0.2, 0) is 4.79 Å². The maximum absolute atomic E-state index is 11.8. The molecule has 1 heteroatoms. The summed E-state index contributed by atoms with van der Waals surface area (Å²) in [6.07, 6.45) is 0.594. The predicted octanol–water partition coefficient (Wildman–Crippen LogP) is 4.44. The van der Waals surface area contributed by atoms with Crippen LogP contribution in [0.4, 0.5) is 0 Å². The van der Waals surface area contributed by atoms with Crippen molar-refractivity contribution in [3.05, 3.63) is 60.2 Å². The Labute approximate surface area is 108 Å². The van der Waals surface area contributed by atoms with Crippen molar-refractivity contribution in [2.45, 2.75) is 26.2 Å². The predicted molar refractivity (Wildman–Crippen MR) is 75.6 cm³/mol. The minimum Gasteiger partial charge on any atom is -0.299 e. The molecule has 0 bridgehead atoms. The van der Waals surface area contributed by atoms with Gasteiger partial charge in [0, 0.05) is 12.3 Å². The molecule has 0 aliphatic rings. The second-order valence-corrected chi connectivity index (χ2v) is 4.53. The number of hydrogen-bond donors (Lipinski definition) is 0. The first-order valence-corrected chi connectivity index (χ1v) is 6.40. The number of carbonyl (C=O) groups excluding carboxylic acids is 1. The molecule has 0 amide bonds. The van der Waals surface area contributed by atoms with Crippen molar-refractivity contribution in [1.29, 1.82) is 0 Å². The van der Waals surface area contributed by atoms with E-state index in [0.29, 0.717) is 12.2 Å². The molecule has 0 aliphatic heterocycles. The van der Waals surface area contributed by atoms with E-state index < -0.39 is 0 Å². The van der Waals surface area contributed by atoms with Crippen molar-refractivity contribution in [1.82, 2.24) is 0 Å². The van der Waals surface area contributed by atoms with E-state index in [1.165, 1.54) is 11.1 Å². The quantitative estimate of drug-likeness (QED) is 0.769. The molecule has 2 aromatic carbocycles. The molecule has 0 radical (unpaired) electrons. The van der Waals surface area contributed by atoms with Gasteiger partial charge in [0.1, 0.15) is 5.78 Å². The molecule has 0 saturated heterocycles. The Morgan fingerprint density at radius 2 is 1.67 bits per heavy atom.